The van der Waals surface area contributed by atoms with Crippen LogP contribution in [0.4, 0.5) is 4.39 Å². The number of benzene rings is 2. The van der Waals surface area contributed by atoms with Gasteiger partial charge in [0, 0.05) is 49.2 Å². The molecule has 1 saturated heterocycles. The van der Waals surface area contributed by atoms with Crippen LogP contribution in [0.3, 0.4) is 0 Å². The van der Waals surface area contributed by atoms with Crippen molar-refractivity contribution in [2.75, 3.05) is 33.0 Å². The van der Waals surface area contributed by atoms with E-state index in [1.807, 2.05) is 12.1 Å². The van der Waals surface area contributed by atoms with Gasteiger partial charge in [0.1, 0.15) is 11.9 Å². The van der Waals surface area contributed by atoms with Gasteiger partial charge in [-0.2, -0.15) is 0 Å². The summed E-state index contributed by atoms with van der Waals surface area (Å²) in [5, 5.41) is 13.6. The van der Waals surface area contributed by atoms with Gasteiger partial charge in [0.15, 0.2) is 17.3 Å². The highest BCUT2D eigenvalue weighted by Crippen LogP contribution is 2.36. The summed E-state index contributed by atoms with van der Waals surface area (Å²) < 4.78 is 26.4. The number of H-pyrrole nitrogens is 1. The quantitative estimate of drug-likeness (QED) is 0.393. The smallest absolute Gasteiger partial charge is 0.253 e. The minimum Gasteiger partial charge on any atom is -0.454 e. The Hall–Kier alpha value is -3.83. The number of nitrogens with one attached hydrogen (secondary N) is 1. The zero-order valence-corrected chi connectivity index (χ0v) is 22.3. The minimum atomic E-state index is -0.456. The molecule has 11 heteroatoms. The lowest BCUT2D eigenvalue weighted by molar-refractivity contribution is 0.0618. The first-order valence-corrected chi connectivity index (χ1v) is 14.1. The summed E-state index contributed by atoms with van der Waals surface area (Å²) in [4.78, 5) is 21.6. The molecule has 10 nitrogen and oxygen atoms in total. The lowest BCUT2D eigenvalue weighted by Crippen LogP contribution is -2.52. The van der Waals surface area contributed by atoms with Crippen molar-refractivity contribution in [3.8, 4) is 11.5 Å². The number of hydrogen-bond donors (Lipinski definition) is 1. The monoisotopic (exact) mass is 545 g/mol. The van der Waals surface area contributed by atoms with E-state index in [9.17, 15) is 9.18 Å². The van der Waals surface area contributed by atoms with Crippen molar-refractivity contribution in [3.05, 3.63) is 75.6 Å². The third-order valence-electron chi connectivity index (χ3n) is 8.52. The molecule has 2 aromatic heterocycles. The average molecular weight is 546 g/mol. The van der Waals surface area contributed by atoms with E-state index < -0.39 is 6.04 Å². The molecule has 0 spiro atoms. The fourth-order valence-corrected chi connectivity index (χ4v) is 6.40. The van der Waals surface area contributed by atoms with Crippen LogP contribution < -0.4 is 15.0 Å². The predicted octanol–water partition coefficient (Wildman–Crippen LogP) is 3.47. The Morgan fingerprint density at radius 2 is 1.73 bits per heavy atom. The Morgan fingerprint density at radius 3 is 2.50 bits per heavy atom. The first-order chi connectivity index (χ1) is 19.6. The van der Waals surface area contributed by atoms with Crippen molar-refractivity contribution in [2.45, 2.75) is 50.7 Å². The molecule has 1 N–H and O–H groups in total. The minimum absolute atomic E-state index is 0.162. The number of pyridine rings is 1. The molecule has 0 radical (unpaired) electrons. The number of nitrogens with zero attached hydrogens (tertiary/aromatic N) is 6. The van der Waals surface area contributed by atoms with Gasteiger partial charge in [-0.25, -0.2) is 9.07 Å². The zero-order valence-electron chi connectivity index (χ0n) is 22.3. The molecule has 0 unspecified atom stereocenters. The molecule has 1 atom stereocenters. The maximum atomic E-state index is 13.6. The molecule has 2 fully saturated rings. The van der Waals surface area contributed by atoms with Crippen LogP contribution in [0.1, 0.15) is 55.1 Å². The molecule has 0 amide bonds. The summed E-state index contributed by atoms with van der Waals surface area (Å²) in [5.41, 5.74) is 1.94. The van der Waals surface area contributed by atoms with Gasteiger partial charge in [0.05, 0.1) is 12.1 Å². The molecular formula is C29H32FN7O3. The highest BCUT2D eigenvalue weighted by molar-refractivity contribution is 5.83. The van der Waals surface area contributed by atoms with Gasteiger partial charge in [-0.1, -0.05) is 31.4 Å². The molecule has 3 aliphatic rings. The third-order valence-corrected chi connectivity index (χ3v) is 8.52. The molecule has 2 aromatic carbocycles. The van der Waals surface area contributed by atoms with Crippen LogP contribution in [0.2, 0.25) is 0 Å². The zero-order chi connectivity index (χ0) is 27.1. The number of ether oxygens (including phenoxy) is 2. The Morgan fingerprint density at radius 1 is 0.975 bits per heavy atom. The SMILES string of the molecule is O=c1[nH]c2cc3c(cc2cc1[C@@H](c1nnnn1Cc1ccc(F)cc1)N1CCN(C2CCCCC2)CC1)OCO3. The van der Waals surface area contributed by atoms with Crippen LogP contribution in [0.15, 0.2) is 47.3 Å². The van der Waals surface area contributed by atoms with E-state index in [1.54, 1.807) is 22.9 Å². The fraction of sp³-hybridized carbons (Fsp3) is 0.448. The number of rotatable bonds is 6. The van der Waals surface area contributed by atoms with Crippen LogP contribution in [0.5, 0.6) is 11.5 Å². The summed E-state index contributed by atoms with van der Waals surface area (Å²) >= 11 is 0. The predicted molar refractivity (Wildman–Crippen MR) is 146 cm³/mol. The van der Waals surface area contributed by atoms with Crippen LogP contribution >= 0.6 is 0 Å². The number of fused-ring (bicyclic) bond motifs is 2. The summed E-state index contributed by atoms with van der Waals surface area (Å²) in [6.45, 7) is 3.99. The Bertz CT molecular complexity index is 1560. The second-order valence-corrected chi connectivity index (χ2v) is 10.9. The van der Waals surface area contributed by atoms with Crippen molar-refractivity contribution in [3.63, 3.8) is 0 Å². The second kappa shape index (κ2) is 10.6. The van der Waals surface area contributed by atoms with Crippen molar-refractivity contribution >= 4 is 10.9 Å². The molecule has 1 saturated carbocycles. The standard InChI is InChI=1S/C29H32FN7O3/c30-21-8-6-19(7-9-21)17-37-28(32-33-34-37)27(36-12-10-35(11-13-36)22-4-2-1-3-5-22)23-14-20-15-25-26(40-18-39-25)16-24(20)31-29(23)38/h6-9,14-16,22,27H,1-5,10-13,17-18H2,(H,31,38)/t27-/m0/s1. The van der Waals surface area contributed by atoms with Crippen molar-refractivity contribution in [1.82, 2.24) is 35.0 Å². The summed E-state index contributed by atoms with van der Waals surface area (Å²) in [7, 11) is 0. The Kier molecular flexibility index (Phi) is 6.68. The highest BCUT2D eigenvalue weighted by Gasteiger charge is 2.34. The number of piperazine rings is 1. The first kappa shape index (κ1) is 25.2. The topological polar surface area (TPSA) is 101 Å². The number of hydrogen-bond acceptors (Lipinski definition) is 8. The summed E-state index contributed by atoms with van der Waals surface area (Å²) in [5.74, 6) is 1.57. The Balaban J connectivity index is 1.25. The first-order valence-electron chi connectivity index (χ1n) is 14.1. The molecular weight excluding hydrogens is 513 g/mol. The third kappa shape index (κ3) is 4.84. The molecule has 1 aliphatic carbocycles. The fourth-order valence-electron chi connectivity index (χ4n) is 6.40. The van der Waals surface area contributed by atoms with E-state index in [0.717, 1.165) is 37.1 Å². The van der Waals surface area contributed by atoms with Crippen LogP contribution in [-0.4, -0.2) is 74.0 Å². The van der Waals surface area contributed by atoms with Crippen molar-refractivity contribution in [2.24, 2.45) is 0 Å². The van der Waals surface area contributed by atoms with Crippen molar-refractivity contribution < 1.29 is 13.9 Å². The normalized spacial score (nSPS) is 19.3. The van der Waals surface area contributed by atoms with Gasteiger partial charge in [0.25, 0.3) is 5.56 Å². The van der Waals surface area contributed by atoms with Crippen LogP contribution in [-0.2, 0) is 6.54 Å². The van der Waals surface area contributed by atoms with Crippen molar-refractivity contribution in [1.29, 1.82) is 0 Å². The molecule has 0 bridgehead atoms. The Labute approximate surface area is 230 Å². The van der Waals surface area contributed by atoms with Gasteiger partial charge in [0.2, 0.25) is 6.79 Å². The molecule has 4 heterocycles. The van der Waals surface area contributed by atoms with Gasteiger partial charge in [-0.3, -0.25) is 14.6 Å². The maximum Gasteiger partial charge on any atom is 0.253 e. The van der Waals surface area contributed by atoms with E-state index in [-0.39, 0.29) is 18.2 Å². The summed E-state index contributed by atoms with van der Waals surface area (Å²) in [6.07, 6.45) is 6.47. The lowest BCUT2D eigenvalue weighted by atomic mass is 9.93. The van der Waals surface area contributed by atoms with E-state index >= 15 is 0 Å². The molecule has 7 rings (SSSR count). The van der Waals surface area contributed by atoms with E-state index in [0.29, 0.717) is 41.0 Å². The van der Waals surface area contributed by atoms with Gasteiger partial charge < -0.3 is 14.5 Å². The number of halogens is 1. The van der Waals surface area contributed by atoms with Gasteiger partial charge >= 0.3 is 0 Å². The molecule has 208 valence electrons. The summed E-state index contributed by atoms with van der Waals surface area (Å²) in [6, 6.07) is 12.1. The molecule has 2 aliphatic heterocycles. The van der Waals surface area contributed by atoms with E-state index in [1.165, 1.54) is 44.2 Å². The lowest BCUT2D eigenvalue weighted by Gasteiger charge is -2.42. The van der Waals surface area contributed by atoms with Crippen LogP contribution in [0.25, 0.3) is 10.9 Å². The number of aromatic amines is 1. The van der Waals surface area contributed by atoms with E-state index in [2.05, 4.69) is 30.3 Å². The average Bonchev–Trinajstić information content (AvgIpc) is 3.64. The number of tetrazole rings is 1. The van der Waals surface area contributed by atoms with Gasteiger partial charge in [-0.05, 0) is 53.1 Å². The van der Waals surface area contributed by atoms with Gasteiger partial charge in [-0.15, -0.1) is 5.10 Å². The van der Waals surface area contributed by atoms with Crippen LogP contribution in [0, 0.1) is 5.82 Å². The second-order valence-electron chi connectivity index (χ2n) is 10.9. The maximum absolute atomic E-state index is 13.6. The number of aromatic nitrogens is 5. The largest absolute Gasteiger partial charge is 0.454 e. The molecule has 40 heavy (non-hydrogen) atoms. The highest BCUT2D eigenvalue weighted by atomic mass is 19.1. The van der Waals surface area contributed by atoms with E-state index in [4.69, 9.17) is 9.47 Å². The molecule has 4 aromatic rings.